The summed E-state index contributed by atoms with van der Waals surface area (Å²) in [5.74, 6) is 0. The van der Waals surface area contributed by atoms with Gasteiger partial charge in [0.2, 0.25) is 0 Å². The summed E-state index contributed by atoms with van der Waals surface area (Å²) in [7, 11) is 0. The van der Waals surface area contributed by atoms with Crippen molar-refractivity contribution < 1.29 is 5.94 Å². The van der Waals surface area contributed by atoms with Crippen LogP contribution in [-0.4, -0.2) is 4.98 Å². The molecule has 1 aromatic heterocycles. The summed E-state index contributed by atoms with van der Waals surface area (Å²) in [5, 5.41) is 0. The first-order valence-corrected chi connectivity index (χ1v) is 5.05. The van der Waals surface area contributed by atoms with Crippen molar-refractivity contribution in [3.05, 3.63) is 59.7 Å². The highest BCUT2D eigenvalue weighted by molar-refractivity contribution is 5.13. The highest BCUT2D eigenvalue weighted by Gasteiger charge is 2.05. The third-order valence-corrected chi connectivity index (χ3v) is 2.37. The summed E-state index contributed by atoms with van der Waals surface area (Å²) < 4.78 is 9.76. The van der Waals surface area contributed by atoms with Gasteiger partial charge >= 0.3 is 0 Å². The van der Waals surface area contributed by atoms with E-state index in [-0.39, 0.29) is 0 Å². The molecule has 0 saturated heterocycles. The molecule has 2 rings (SSSR count). The largest absolute Gasteiger partial charge is 0.286 e. The van der Waals surface area contributed by atoms with Crippen LogP contribution in [0.5, 0.6) is 0 Å². The van der Waals surface area contributed by atoms with Crippen molar-refractivity contribution in [2.45, 2.75) is 20.4 Å². The summed E-state index contributed by atoms with van der Waals surface area (Å²) in [5.41, 5.74) is 3.16. The van der Waals surface area contributed by atoms with E-state index in [0.29, 0.717) is 12.8 Å². The maximum Gasteiger partial charge on any atom is 0.286 e. The number of rotatable bonds is 2. The monoisotopic (exact) mass is 200 g/mol. The molecule has 0 unspecified atom stereocenters. The standard InChI is InChI=1S/C13H15N2/c1-11-8-12(2)15(10-14-11)9-13-6-4-3-5-7-13/h3-8,10H,9H2,1-2H3/q+1/i10D. The van der Waals surface area contributed by atoms with Gasteiger partial charge < -0.3 is 0 Å². The zero-order chi connectivity index (χ0) is 11.5. The minimum atomic E-state index is 0.321. The van der Waals surface area contributed by atoms with Crippen LogP contribution in [0.3, 0.4) is 0 Å². The van der Waals surface area contributed by atoms with Crippen molar-refractivity contribution >= 4 is 0 Å². The molecule has 0 aliphatic heterocycles. The molecule has 0 fully saturated rings. The van der Waals surface area contributed by atoms with E-state index in [4.69, 9.17) is 1.37 Å². The molecule has 0 bridgehead atoms. The van der Waals surface area contributed by atoms with Gasteiger partial charge in [0.05, 0.1) is 0 Å². The molecule has 0 aliphatic carbocycles. The molecule has 0 N–H and O–H groups in total. The smallest absolute Gasteiger partial charge is 0.230 e. The normalized spacial score (nSPS) is 11.2. The molecular formula is C13H15N2+. The molecule has 2 nitrogen and oxygen atoms in total. The molecule has 2 aromatic rings. The fourth-order valence-electron chi connectivity index (χ4n) is 1.56. The third kappa shape index (κ3) is 2.40. The molecule has 0 atom stereocenters. The summed E-state index contributed by atoms with van der Waals surface area (Å²) in [6.45, 7) is 4.63. The van der Waals surface area contributed by atoms with E-state index < -0.39 is 0 Å². The Bertz CT molecular complexity index is 472. The second-order valence-electron chi connectivity index (χ2n) is 3.71. The van der Waals surface area contributed by atoms with E-state index >= 15 is 0 Å². The van der Waals surface area contributed by atoms with Crippen LogP contribution in [-0.2, 0) is 6.54 Å². The average Bonchev–Trinajstić information content (AvgIpc) is 2.25. The lowest BCUT2D eigenvalue weighted by Gasteiger charge is -2.02. The highest BCUT2D eigenvalue weighted by atomic mass is 15.0. The van der Waals surface area contributed by atoms with Crippen LogP contribution in [0.25, 0.3) is 0 Å². The summed E-state index contributed by atoms with van der Waals surface area (Å²) >= 11 is 0. The Morgan fingerprint density at radius 1 is 1.27 bits per heavy atom. The van der Waals surface area contributed by atoms with E-state index in [1.54, 1.807) is 0 Å². The van der Waals surface area contributed by atoms with Crippen LogP contribution in [0.2, 0.25) is 0 Å². The van der Waals surface area contributed by atoms with Gasteiger partial charge in [0, 0.05) is 13.0 Å². The van der Waals surface area contributed by atoms with Crippen LogP contribution >= 0.6 is 0 Å². The van der Waals surface area contributed by atoms with Crippen LogP contribution < -0.4 is 4.57 Å². The maximum absolute atomic E-state index is 7.85. The van der Waals surface area contributed by atoms with Gasteiger partial charge in [0.25, 0.3) is 6.30 Å². The number of benzene rings is 1. The fourth-order valence-corrected chi connectivity index (χ4v) is 1.56. The van der Waals surface area contributed by atoms with E-state index in [0.717, 1.165) is 11.4 Å². The summed E-state index contributed by atoms with van der Waals surface area (Å²) in [4.78, 5) is 4.16. The van der Waals surface area contributed by atoms with Crippen molar-refractivity contribution in [3.63, 3.8) is 0 Å². The predicted octanol–water partition coefficient (Wildman–Crippen LogP) is 2.03. The van der Waals surface area contributed by atoms with Gasteiger partial charge in [-0.05, 0) is 12.5 Å². The zero-order valence-corrected chi connectivity index (χ0v) is 9.07. The maximum atomic E-state index is 7.85. The van der Waals surface area contributed by atoms with Crippen LogP contribution in [0.4, 0.5) is 0 Å². The number of hydrogen-bond acceptors (Lipinski definition) is 1. The Kier molecular flexibility index (Phi) is 2.42. The van der Waals surface area contributed by atoms with Crippen LogP contribution in [0, 0.1) is 13.8 Å². The van der Waals surface area contributed by atoms with Gasteiger partial charge in [-0.2, -0.15) is 0 Å². The van der Waals surface area contributed by atoms with Crippen molar-refractivity contribution in [3.8, 4) is 0 Å². The minimum absolute atomic E-state index is 0.321. The lowest BCUT2D eigenvalue weighted by atomic mass is 10.2. The van der Waals surface area contributed by atoms with Gasteiger partial charge in [-0.3, -0.25) is 0 Å². The lowest BCUT2D eigenvalue weighted by molar-refractivity contribution is -0.697. The number of aromatic nitrogens is 2. The first-order valence-electron chi connectivity index (χ1n) is 5.55. The molecule has 0 saturated carbocycles. The van der Waals surface area contributed by atoms with E-state index in [1.807, 2.05) is 42.7 Å². The minimum Gasteiger partial charge on any atom is -0.230 e. The summed E-state index contributed by atoms with van der Waals surface area (Å²) in [6, 6.07) is 12.1. The highest BCUT2D eigenvalue weighted by Crippen LogP contribution is 1.99. The van der Waals surface area contributed by atoms with Gasteiger partial charge in [0.1, 0.15) is 12.2 Å². The van der Waals surface area contributed by atoms with Crippen molar-refractivity contribution in [1.82, 2.24) is 4.98 Å². The molecule has 0 aliphatic rings. The van der Waals surface area contributed by atoms with Gasteiger partial charge in [-0.25, -0.2) is 4.57 Å². The Balaban J connectivity index is 2.35. The topological polar surface area (TPSA) is 16.8 Å². The molecule has 76 valence electrons. The fraction of sp³-hybridized carbons (Fsp3) is 0.231. The zero-order valence-electron chi connectivity index (χ0n) is 10.1. The first kappa shape index (κ1) is 8.60. The average molecular weight is 200 g/mol. The van der Waals surface area contributed by atoms with Crippen LogP contribution in [0.15, 0.2) is 42.7 Å². The number of hydrogen-bond donors (Lipinski definition) is 0. The van der Waals surface area contributed by atoms with Gasteiger partial charge in [-0.1, -0.05) is 35.3 Å². The van der Waals surface area contributed by atoms with Crippen LogP contribution in [0.1, 0.15) is 18.3 Å². The second kappa shape index (κ2) is 4.22. The molecule has 0 radical (unpaired) electrons. The molecular weight excluding hydrogens is 184 g/mol. The molecule has 2 heteroatoms. The summed E-state index contributed by atoms with van der Waals surface area (Å²) in [6.07, 6.45) is 0.321. The Morgan fingerprint density at radius 3 is 2.67 bits per heavy atom. The Hall–Kier alpha value is -1.70. The third-order valence-electron chi connectivity index (χ3n) is 2.37. The van der Waals surface area contributed by atoms with E-state index in [9.17, 15) is 0 Å². The lowest BCUT2D eigenvalue weighted by Crippen LogP contribution is -2.38. The predicted molar refractivity (Wildman–Crippen MR) is 59.5 cm³/mol. The quantitative estimate of drug-likeness (QED) is 0.678. The van der Waals surface area contributed by atoms with Crippen molar-refractivity contribution in [2.75, 3.05) is 0 Å². The number of aryl methyl sites for hydroxylation is 2. The molecule has 0 spiro atoms. The Morgan fingerprint density at radius 2 is 2.00 bits per heavy atom. The first-order chi connectivity index (χ1) is 7.66. The van der Waals surface area contributed by atoms with Gasteiger partial charge in [0.15, 0.2) is 7.06 Å². The molecule has 1 heterocycles. The second-order valence-corrected chi connectivity index (χ2v) is 3.71. The van der Waals surface area contributed by atoms with E-state index in [1.165, 1.54) is 5.56 Å². The molecule has 0 amide bonds. The molecule has 1 aromatic carbocycles. The SMILES string of the molecule is [2H]c1nc(C)cc(C)[n+]1Cc1ccccc1. The van der Waals surface area contributed by atoms with Gasteiger partial charge in [-0.15, -0.1) is 0 Å². The van der Waals surface area contributed by atoms with E-state index in [2.05, 4.69) is 17.1 Å². The van der Waals surface area contributed by atoms with Crippen molar-refractivity contribution in [2.24, 2.45) is 0 Å². The number of nitrogens with zero attached hydrogens (tertiary/aromatic N) is 2. The Labute approximate surface area is 91.6 Å². The van der Waals surface area contributed by atoms with Crippen molar-refractivity contribution in [1.29, 1.82) is 0 Å². The molecule has 15 heavy (non-hydrogen) atoms.